The standard InChI is InChI=1S/C22H23N3O4S2/c1-29-19-8-3-2-7-17(19)24-31(27,28)21-15-16(23-22(26)20-9-6-14-30-20)10-11-18(21)25-12-4-5-13-25/h2-3,6-11,14-15,24H,4-5,12-13H2,1H3,(H,23,26). The molecular formula is C22H23N3O4S2. The van der Waals surface area contributed by atoms with Crippen LogP contribution < -0.4 is 19.7 Å². The fraction of sp³-hybridized carbons (Fsp3) is 0.227. The minimum atomic E-state index is -3.95. The second kappa shape index (κ2) is 8.99. The van der Waals surface area contributed by atoms with Gasteiger partial charge in [0.1, 0.15) is 10.6 Å². The molecule has 0 aliphatic carbocycles. The Balaban J connectivity index is 1.71. The molecule has 1 aliphatic rings. The molecule has 0 bridgehead atoms. The number of nitrogens with zero attached hydrogens (tertiary/aromatic N) is 1. The molecule has 2 heterocycles. The number of carbonyl (C=O) groups excluding carboxylic acids is 1. The van der Waals surface area contributed by atoms with Crippen LogP contribution in [-0.4, -0.2) is 34.5 Å². The van der Waals surface area contributed by atoms with Gasteiger partial charge >= 0.3 is 0 Å². The lowest BCUT2D eigenvalue weighted by Crippen LogP contribution is -2.23. The Kier molecular flexibility index (Phi) is 6.15. The molecule has 9 heteroatoms. The van der Waals surface area contributed by atoms with Crippen molar-refractivity contribution in [3.63, 3.8) is 0 Å². The molecule has 4 rings (SSSR count). The van der Waals surface area contributed by atoms with Gasteiger partial charge in [-0.05, 0) is 54.6 Å². The van der Waals surface area contributed by atoms with Gasteiger partial charge in [-0.3, -0.25) is 9.52 Å². The van der Waals surface area contributed by atoms with Crippen molar-refractivity contribution in [1.82, 2.24) is 0 Å². The lowest BCUT2D eigenvalue weighted by atomic mass is 10.2. The fourth-order valence-corrected chi connectivity index (χ4v) is 5.50. The molecule has 1 fully saturated rings. The molecule has 2 N–H and O–H groups in total. The van der Waals surface area contributed by atoms with Gasteiger partial charge < -0.3 is 15.0 Å². The summed E-state index contributed by atoms with van der Waals surface area (Å²) in [5.41, 5.74) is 1.39. The van der Waals surface area contributed by atoms with Crippen molar-refractivity contribution in [1.29, 1.82) is 0 Å². The van der Waals surface area contributed by atoms with Crippen molar-refractivity contribution >= 4 is 44.3 Å². The molecule has 31 heavy (non-hydrogen) atoms. The van der Waals surface area contributed by atoms with Gasteiger partial charge in [0.15, 0.2) is 0 Å². The van der Waals surface area contributed by atoms with E-state index in [9.17, 15) is 13.2 Å². The third-order valence-corrected chi connectivity index (χ3v) is 7.31. The van der Waals surface area contributed by atoms with Gasteiger partial charge in [-0.2, -0.15) is 0 Å². The van der Waals surface area contributed by atoms with Crippen molar-refractivity contribution in [2.24, 2.45) is 0 Å². The maximum atomic E-state index is 13.4. The van der Waals surface area contributed by atoms with Crippen LogP contribution in [0.25, 0.3) is 0 Å². The zero-order valence-corrected chi connectivity index (χ0v) is 18.6. The van der Waals surface area contributed by atoms with Gasteiger partial charge in [0.05, 0.1) is 23.4 Å². The third-order valence-electron chi connectivity index (χ3n) is 5.05. The van der Waals surface area contributed by atoms with Crippen LogP contribution in [0.3, 0.4) is 0 Å². The highest BCUT2D eigenvalue weighted by Crippen LogP contribution is 2.34. The smallest absolute Gasteiger partial charge is 0.265 e. The number of sulfonamides is 1. The number of rotatable bonds is 7. The van der Waals surface area contributed by atoms with E-state index in [1.165, 1.54) is 24.5 Å². The van der Waals surface area contributed by atoms with Crippen LogP contribution in [0.2, 0.25) is 0 Å². The van der Waals surface area contributed by atoms with Gasteiger partial charge in [-0.1, -0.05) is 18.2 Å². The Morgan fingerprint density at radius 3 is 2.55 bits per heavy atom. The lowest BCUT2D eigenvalue weighted by molar-refractivity contribution is 0.103. The molecular weight excluding hydrogens is 434 g/mol. The molecule has 0 unspecified atom stereocenters. The van der Waals surface area contributed by atoms with E-state index in [-0.39, 0.29) is 10.8 Å². The highest BCUT2D eigenvalue weighted by molar-refractivity contribution is 7.93. The summed E-state index contributed by atoms with van der Waals surface area (Å²) in [6.07, 6.45) is 2.02. The van der Waals surface area contributed by atoms with E-state index >= 15 is 0 Å². The minimum absolute atomic E-state index is 0.115. The normalized spacial score (nSPS) is 13.8. The van der Waals surface area contributed by atoms with E-state index in [0.717, 1.165) is 25.9 Å². The molecule has 7 nitrogen and oxygen atoms in total. The lowest BCUT2D eigenvalue weighted by Gasteiger charge is -2.23. The molecule has 1 amide bonds. The first kappa shape index (κ1) is 21.2. The SMILES string of the molecule is COc1ccccc1NS(=O)(=O)c1cc(NC(=O)c2cccs2)ccc1N1CCCC1. The average molecular weight is 458 g/mol. The summed E-state index contributed by atoms with van der Waals surface area (Å²) in [4.78, 5) is 15.2. The summed E-state index contributed by atoms with van der Waals surface area (Å²) in [5, 5.41) is 4.61. The van der Waals surface area contributed by atoms with E-state index in [0.29, 0.717) is 27.7 Å². The molecule has 1 aliphatic heterocycles. The van der Waals surface area contributed by atoms with E-state index in [1.807, 2.05) is 5.38 Å². The average Bonchev–Trinajstić information content (AvgIpc) is 3.48. The fourth-order valence-electron chi connectivity index (χ4n) is 3.56. The molecule has 0 radical (unpaired) electrons. The van der Waals surface area contributed by atoms with Crippen LogP contribution >= 0.6 is 11.3 Å². The predicted molar refractivity (Wildman–Crippen MR) is 124 cm³/mol. The van der Waals surface area contributed by atoms with Gasteiger partial charge in [0.2, 0.25) is 0 Å². The topological polar surface area (TPSA) is 87.7 Å². The molecule has 3 aromatic rings. The van der Waals surface area contributed by atoms with Crippen molar-refractivity contribution < 1.29 is 17.9 Å². The van der Waals surface area contributed by atoms with Gasteiger partial charge in [-0.15, -0.1) is 11.3 Å². The predicted octanol–water partition coefficient (Wildman–Crippen LogP) is 4.41. The van der Waals surface area contributed by atoms with Crippen LogP contribution in [0.1, 0.15) is 22.5 Å². The quantitative estimate of drug-likeness (QED) is 0.549. The second-order valence-corrected chi connectivity index (χ2v) is 9.71. The number of ether oxygens (including phenoxy) is 1. The first-order valence-corrected chi connectivity index (χ1v) is 12.2. The minimum Gasteiger partial charge on any atom is -0.495 e. The van der Waals surface area contributed by atoms with Crippen LogP contribution in [0, 0.1) is 0 Å². The summed E-state index contributed by atoms with van der Waals surface area (Å²) in [6, 6.07) is 15.4. The van der Waals surface area contributed by atoms with Crippen LogP contribution in [0.5, 0.6) is 5.75 Å². The number of carbonyl (C=O) groups is 1. The molecule has 162 valence electrons. The molecule has 1 aromatic heterocycles. The molecule has 0 saturated carbocycles. The molecule has 2 aromatic carbocycles. The highest BCUT2D eigenvalue weighted by atomic mass is 32.2. The Bertz CT molecular complexity index is 1170. The van der Waals surface area contributed by atoms with Crippen molar-refractivity contribution in [2.75, 3.05) is 35.1 Å². The third kappa shape index (κ3) is 4.67. The number of nitrogens with one attached hydrogen (secondary N) is 2. The van der Waals surface area contributed by atoms with E-state index in [4.69, 9.17) is 4.74 Å². The second-order valence-electron chi connectivity index (χ2n) is 7.11. The van der Waals surface area contributed by atoms with Crippen LogP contribution in [0.4, 0.5) is 17.1 Å². The van der Waals surface area contributed by atoms with Gasteiger partial charge in [0.25, 0.3) is 15.9 Å². The molecule has 1 saturated heterocycles. The largest absolute Gasteiger partial charge is 0.495 e. The van der Waals surface area contributed by atoms with E-state index in [1.54, 1.807) is 48.5 Å². The first-order valence-electron chi connectivity index (χ1n) is 9.87. The number of thiophene rings is 1. The monoisotopic (exact) mass is 457 g/mol. The number of para-hydroxylation sites is 2. The number of anilines is 3. The summed E-state index contributed by atoms with van der Waals surface area (Å²) in [6.45, 7) is 1.58. The molecule has 0 spiro atoms. The number of benzene rings is 2. The number of amides is 1. The summed E-state index contributed by atoms with van der Waals surface area (Å²) in [7, 11) is -2.46. The van der Waals surface area contributed by atoms with E-state index in [2.05, 4.69) is 14.9 Å². The maximum absolute atomic E-state index is 13.4. The Labute approximate surface area is 185 Å². The van der Waals surface area contributed by atoms with Gasteiger partial charge in [0, 0.05) is 18.8 Å². The Hall–Kier alpha value is -3.04. The van der Waals surface area contributed by atoms with Crippen molar-refractivity contribution in [3.8, 4) is 5.75 Å². The first-order chi connectivity index (χ1) is 15.0. The summed E-state index contributed by atoms with van der Waals surface area (Å²) in [5.74, 6) is 0.154. The Morgan fingerprint density at radius 1 is 1.06 bits per heavy atom. The molecule has 0 atom stereocenters. The summed E-state index contributed by atoms with van der Waals surface area (Å²) >= 11 is 1.32. The van der Waals surface area contributed by atoms with Crippen molar-refractivity contribution in [3.05, 3.63) is 64.9 Å². The Morgan fingerprint density at radius 2 is 1.84 bits per heavy atom. The van der Waals surface area contributed by atoms with Crippen LogP contribution in [-0.2, 0) is 10.0 Å². The highest BCUT2D eigenvalue weighted by Gasteiger charge is 2.26. The maximum Gasteiger partial charge on any atom is 0.265 e. The number of methoxy groups -OCH3 is 1. The van der Waals surface area contributed by atoms with Crippen molar-refractivity contribution in [2.45, 2.75) is 17.7 Å². The zero-order valence-electron chi connectivity index (χ0n) is 17.0. The zero-order chi connectivity index (χ0) is 21.8. The van der Waals surface area contributed by atoms with Gasteiger partial charge in [-0.25, -0.2) is 8.42 Å². The summed E-state index contributed by atoms with van der Waals surface area (Å²) < 4.78 is 34.7. The van der Waals surface area contributed by atoms with E-state index < -0.39 is 10.0 Å². The number of hydrogen-bond donors (Lipinski definition) is 2. The number of hydrogen-bond acceptors (Lipinski definition) is 6. The van der Waals surface area contributed by atoms with Crippen LogP contribution in [0.15, 0.2) is 64.9 Å².